The number of rotatable bonds is 7. The molecule has 1 saturated heterocycles. The maximum absolute atomic E-state index is 13.1. The summed E-state index contributed by atoms with van der Waals surface area (Å²) in [5, 5.41) is 2.74. The van der Waals surface area contributed by atoms with Crippen LogP contribution in [0.3, 0.4) is 0 Å². The molecular formula is C17H27N3O4S. The van der Waals surface area contributed by atoms with Crippen LogP contribution in [0.25, 0.3) is 0 Å². The highest BCUT2D eigenvalue weighted by Crippen LogP contribution is 2.29. The molecule has 0 bridgehead atoms. The van der Waals surface area contributed by atoms with E-state index in [0.717, 1.165) is 25.7 Å². The van der Waals surface area contributed by atoms with E-state index in [4.69, 9.17) is 10.5 Å². The molecule has 0 spiro atoms. The third-order valence-electron chi connectivity index (χ3n) is 4.28. The highest BCUT2D eigenvalue weighted by molar-refractivity contribution is 7.89. The summed E-state index contributed by atoms with van der Waals surface area (Å²) in [6, 6.07) is 4.50. The Labute approximate surface area is 149 Å². The maximum atomic E-state index is 13.1. The van der Waals surface area contributed by atoms with Gasteiger partial charge < -0.3 is 15.8 Å². The maximum Gasteiger partial charge on any atom is 0.251 e. The molecule has 25 heavy (non-hydrogen) atoms. The van der Waals surface area contributed by atoms with E-state index in [0.29, 0.717) is 38.2 Å². The van der Waals surface area contributed by atoms with E-state index in [9.17, 15) is 13.2 Å². The van der Waals surface area contributed by atoms with Gasteiger partial charge in [-0.15, -0.1) is 0 Å². The molecule has 0 aliphatic carbocycles. The molecule has 1 aliphatic heterocycles. The van der Waals surface area contributed by atoms with Crippen LogP contribution in [0.2, 0.25) is 0 Å². The van der Waals surface area contributed by atoms with E-state index in [1.54, 1.807) is 6.07 Å². The zero-order valence-electron chi connectivity index (χ0n) is 14.7. The number of benzene rings is 1. The molecule has 3 N–H and O–H groups in total. The molecule has 140 valence electrons. The number of carbonyl (C=O) groups excluding carboxylic acids is 1. The second kappa shape index (κ2) is 9.17. The minimum Gasteiger partial charge on any atom is -0.495 e. The van der Waals surface area contributed by atoms with Crippen LogP contribution in [0.15, 0.2) is 23.1 Å². The first-order valence-corrected chi connectivity index (χ1v) is 10.1. The second-order valence-electron chi connectivity index (χ2n) is 6.08. The van der Waals surface area contributed by atoms with Crippen LogP contribution in [0.5, 0.6) is 5.75 Å². The molecule has 7 nitrogen and oxygen atoms in total. The summed E-state index contributed by atoms with van der Waals surface area (Å²) >= 11 is 0. The van der Waals surface area contributed by atoms with Crippen LogP contribution in [0, 0.1) is 0 Å². The number of nitrogens with one attached hydrogen (secondary N) is 1. The number of ether oxygens (including phenoxy) is 1. The lowest BCUT2D eigenvalue weighted by Crippen LogP contribution is -2.32. The fourth-order valence-electron chi connectivity index (χ4n) is 2.85. The van der Waals surface area contributed by atoms with Crippen LogP contribution in [-0.4, -0.2) is 51.9 Å². The van der Waals surface area contributed by atoms with Crippen molar-refractivity contribution in [2.75, 3.05) is 33.3 Å². The lowest BCUT2D eigenvalue weighted by atomic mass is 10.2. The van der Waals surface area contributed by atoms with E-state index in [1.165, 1.54) is 23.5 Å². The summed E-state index contributed by atoms with van der Waals surface area (Å²) in [4.78, 5) is 12.3. The van der Waals surface area contributed by atoms with Crippen molar-refractivity contribution in [1.82, 2.24) is 9.62 Å². The number of nitrogens with two attached hydrogens (primary N) is 1. The van der Waals surface area contributed by atoms with Crippen molar-refractivity contribution in [2.45, 2.75) is 37.0 Å². The molecule has 0 atom stereocenters. The zero-order chi connectivity index (χ0) is 18.3. The summed E-state index contributed by atoms with van der Waals surface area (Å²) in [6.45, 7) is 1.93. The SMILES string of the molecule is COc1ccc(C(=O)NCCCN)cc1S(=O)(=O)N1CCCCCC1. The van der Waals surface area contributed by atoms with Crippen molar-refractivity contribution in [1.29, 1.82) is 0 Å². The van der Waals surface area contributed by atoms with Crippen molar-refractivity contribution >= 4 is 15.9 Å². The van der Waals surface area contributed by atoms with Gasteiger partial charge in [-0.2, -0.15) is 4.31 Å². The standard InChI is InChI=1S/C17H27N3O4S/c1-24-15-8-7-14(17(21)19-10-6-9-18)13-16(15)25(22,23)20-11-4-2-3-5-12-20/h7-8,13H,2-6,9-12,18H2,1H3,(H,19,21). The molecule has 1 aliphatic rings. The number of methoxy groups -OCH3 is 1. The molecule has 1 amide bonds. The van der Waals surface area contributed by atoms with Gasteiger partial charge in [0.05, 0.1) is 7.11 Å². The first kappa shape index (κ1) is 19.7. The number of sulfonamides is 1. The first-order chi connectivity index (χ1) is 12.0. The number of nitrogens with zero attached hydrogens (tertiary/aromatic N) is 1. The molecule has 0 aromatic heterocycles. The lowest BCUT2D eigenvalue weighted by Gasteiger charge is -2.21. The zero-order valence-corrected chi connectivity index (χ0v) is 15.5. The van der Waals surface area contributed by atoms with E-state index in [1.807, 2.05) is 0 Å². The third kappa shape index (κ3) is 4.93. The van der Waals surface area contributed by atoms with Gasteiger partial charge in [0.15, 0.2) is 0 Å². The number of amides is 1. The summed E-state index contributed by atoms with van der Waals surface area (Å²) in [5.74, 6) is -0.0637. The predicted molar refractivity (Wildman–Crippen MR) is 96.2 cm³/mol. The van der Waals surface area contributed by atoms with E-state index in [-0.39, 0.29) is 16.6 Å². The minimum atomic E-state index is -3.70. The Morgan fingerprint density at radius 3 is 2.52 bits per heavy atom. The van der Waals surface area contributed by atoms with Gasteiger partial charge in [0.2, 0.25) is 10.0 Å². The number of hydrogen-bond acceptors (Lipinski definition) is 5. The molecular weight excluding hydrogens is 342 g/mol. The quantitative estimate of drug-likeness (QED) is 0.706. The lowest BCUT2D eigenvalue weighted by molar-refractivity contribution is 0.0953. The molecule has 0 saturated carbocycles. The highest BCUT2D eigenvalue weighted by atomic mass is 32.2. The molecule has 0 unspecified atom stereocenters. The smallest absolute Gasteiger partial charge is 0.251 e. The number of hydrogen-bond donors (Lipinski definition) is 2. The van der Waals surface area contributed by atoms with Crippen molar-refractivity contribution < 1.29 is 17.9 Å². The average Bonchev–Trinajstić information content (AvgIpc) is 2.91. The molecule has 1 aromatic rings. The van der Waals surface area contributed by atoms with Gasteiger partial charge >= 0.3 is 0 Å². The molecule has 2 rings (SSSR count). The third-order valence-corrected chi connectivity index (χ3v) is 6.19. The van der Waals surface area contributed by atoms with Crippen LogP contribution < -0.4 is 15.8 Å². The van der Waals surface area contributed by atoms with Crippen LogP contribution >= 0.6 is 0 Å². The van der Waals surface area contributed by atoms with Crippen LogP contribution in [-0.2, 0) is 10.0 Å². The van der Waals surface area contributed by atoms with Gasteiger partial charge in [0.25, 0.3) is 5.91 Å². The fourth-order valence-corrected chi connectivity index (χ4v) is 4.55. The van der Waals surface area contributed by atoms with Crippen LogP contribution in [0.4, 0.5) is 0 Å². The molecule has 1 fully saturated rings. The van der Waals surface area contributed by atoms with Gasteiger partial charge in [0, 0.05) is 25.2 Å². The van der Waals surface area contributed by atoms with Gasteiger partial charge in [0.1, 0.15) is 10.6 Å². The molecule has 1 aromatic carbocycles. The Morgan fingerprint density at radius 1 is 1.24 bits per heavy atom. The first-order valence-electron chi connectivity index (χ1n) is 8.67. The molecule has 8 heteroatoms. The minimum absolute atomic E-state index is 0.0448. The largest absolute Gasteiger partial charge is 0.495 e. The van der Waals surface area contributed by atoms with Gasteiger partial charge in [-0.25, -0.2) is 8.42 Å². The summed E-state index contributed by atoms with van der Waals surface area (Å²) in [6.07, 6.45) is 4.43. The van der Waals surface area contributed by atoms with E-state index in [2.05, 4.69) is 5.32 Å². The summed E-state index contributed by atoms with van der Waals surface area (Å²) in [5.41, 5.74) is 5.71. The van der Waals surface area contributed by atoms with Crippen molar-refractivity contribution in [3.8, 4) is 5.75 Å². The van der Waals surface area contributed by atoms with Crippen molar-refractivity contribution in [2.24, 2.45) is 5.73 Å². The van der Waals surface area contributed by atoms with E-state index >= 15 is 0 Å². The molecule has 1 heterocycles. The Balaban J connectivity index is 2.30. The van der Waals surface area contributed by atoms with Gasteiger partial charge in [-0.05, 0) is 44.0 Å². The predicted octanol–water partition coefficient (Wildman–Crippen LogP) is 1.34. The summed E-state index contributed by atoms with van der Waals surface area (Å²) in [7, 11) is -2.27. The Hall–Kier alpha value is -1.64. The molecule has 0 radical (unpaired) electrons. The van der Waals surface area contributed by atoms with E-state index < -0.39 is 10.0 Å². The number of carbonyl (C=O) groups is 1. The Kier molecular flexibility index (Phi) is 7.22. The fraction of sp³-hybridized carbons (Fsp3) is 0.588. The Morgan fingerprint density at radius 2 is 1.92 bits per heavy atom. The topological polar surface area (TPSA) is 102 Å². The highest BCUT2D eigenvalue weighted by Gasteiger charge is 2.29. The monoisotopic (exact) mass is 369 g/mol. The normalized spacial score (nSPS) is 16.2. The Bertz CT molecular complexity index is 683. The van der Waals surface area contributed by atoms with Gasteiger partial charge in [-0.3, -0.25) is 4.79 Å². The summed E-state index contributed by atoms with van der Waals surface area (Å²) < 4.78 is 32.8. The van der Waals surface area contributed by atoms with Crippen LogP contribution in [0.1, 0.15) is 42.5 Å². The average molecular weight is 369 g/mol. The van der Waals surface area contributed by atoms with Crippen molar-refractivity contribution in [3.05, 3.63) is 23.8 Å². The second-order valence-corrected chi connectivity index (χ2v) is 7.99. The van der Waals surface area contributed by atoms with Crippen molar-refractivity contribution in [3.63, 3.8) is 0 Å². The van der Waals surface area contributed by atoms with Gasteiger partial charge in [-0.1, -0.05) is 12.8 Å².